The molecule has 1 aromatic carbocycles. The molecule has 0 bridgehead atoms. The summed E-state index contributed by atoms with van der Waals surface area (Å²) in [4.78, 5) is 2.07. The zero-order chi connectivity index (χ0) is 13.8. The van der Waals surface area contributed by atoms with Gasteiger partial charge in [-0.15, -0.1) is 0 Å². The van der Waals surface area contributed by atoms with Gasteiger partial charge in [-0.1, -0.05) is 36.5 Å². The quantitative estimate of drug-likeness (QED) is 0.784. The minimum atomic E-state index is -3.14. The molecule has 2 N–H and O–H groups in total. The predicted octanol–water partition coefficient (Wildman–Crippen LogP) is 0.797. The topological polar surface area (TPSA) is 63.4 Å². The maximum atomic E-state index is 12.0. The van der Waals surface area contributed by atoms with E-state index >= 15 is 0 Å². The average Bonchev–Trinajstić information content (AvgIpc) is 2.26. The van der Waals surface area contributed by atoms with Crippen molar-refractivity contribution in [1.82, 2.24) is 4.90 Å². The van der Waals surface area contributed by atoms with Gasteiger partial charge in [0.2, 0.25) is 0 Å². The molecule has 0 heterocycles. The van der Waals surface area contributed by atoms with E-state index in [1.54, 1.807) is 24.3 Å². The maximum Gasteiger partial charge on any atom is 0.155 e. The first-order valence-corrected chi connectivity index (χ1v) is 7.77. The van der Waals surface area contributed by atoms with E-state index in [9.17, 15) is 8.42 Å². The molecule has 1 rings (SSSR count). The Balaban J connectivity index is 2.87. The van der Waals surface area contributed by atoms with Crippen LogP contribution in [-0.2, 0) is 15.6 Å². The van der Waals surface area contributed by atoms with Crippen molar-refractivity contribution < 1.29 is 8.42 Å². The van der Waals surface area contributed by atoms with E-state index in [-0.39, 0.29) is 16.5 Å². The number of hydrogen-bond acceptors (Lipinski definition) is 4. The highest BCUT2D eigenvalue weighted by atomic mass is 32.2. The molecular weight excluding hydrogens is 268 g/mol. The van der Waals surface area contributed by atoms with Crippen molar-refractivity contribution in [1.29, 1.82) is 0 Å². The van der Waals surface area contributed by atoms with Gasteiger partial charge in [-0.3, -0.25) is 0 Å². The number of benzene rings is 1. The summed E-state index contributed by atoms with van der Waals surface area (Å²) < 4.78 is 23.9. The molecule has 0 saturated heterocycles. The van der Waals surface area contributed by atoms with Crippen LogP contribution in [-0.4, -0.2) is 44.7 Å². The lowest BCUT2D eigenvalue weighted by molar-refractivity contribution is 0.432. The van der Waals surface area contributed by atoms with Gasteiger partial charge in [0.05, 0.1) is 11.5 Å². The van der Waals surface area contributed by atoms with E-state index in [1.165, 1.54) is 0 Å². The van der Waals surface area contributed by atoms with Gasteiger partial charge in [0.15, 0.2) is 9.84 Å². The van der Waals surface area contributed by atoms with E-state index in [4.69, 9.17) is 18.0 Å². The van der Waals surface area contributed by atoms with Gasteiger partial charge in [0.1, 0.15) is 4.99 Å². The highest BCUT2D eigenvalue weighted by molar-refractivity contribution is 7.90. The molecule has 6 heteroatoms. The highest BCUT2D eigenvalue weighted by Gasteiger charge is 2.15. The van der Waals surface area contributed by atoms with Crippen molar-refractivity contribution in [3.05, 3.63) is 35.4 Å². The van der Waals surface area contributed by atoms with Gasteiger partial charge < -0.3 is 10.6 Å². The zero-order valence-electron chi connectivity index (χ0n) is 10.6. The second kappa shape index (κ2) is 6.26. The third-order valence-corrected chi connectivity index (χ3v) is 4.28. The van der Waals surface area contributed by atoms with Crippen LogP contribution in [0.25, 0.3) is 0 Å². The van der Waals surface area contributed by atoms with Crippen LogP contribution in [0.5, 0.6) is 0 Å². The second-order valence-corrected chi connectivity index (χ2v) is 7.04. The molecule has 0 aliphatic rings. The molecule has 0 amide bonds. The van der Waals surface area contributed by atoms with Crippen molar-refractivity contribution >= 4 is 27.0 Å². The van der Waals surface area contributed by atoms with Crippen molar-refractivity contribution in [3.8, 4) is 0 Å². The summed E-state index contributed by atoms with van der Waals surface area (Å²) in [6.45, 7) is 0.511. The lowest BCUT2D eigenvalue weighted by Gasteiger charge is -2.11. The minimum absolute atomic E-state index is 0.0195. The average molecular weight is 286 g/mol. The van der Waals surface area contributed by atoms with Gasteiger partial charge in [-0.2, -0.15) is 0 Å². The third-order valence-electron chi connectivity index (χ3n) is 2.51. The number of sulfone groups is 1. The van der Waals surface area contributed by atoms with Crippen molar-refractivity contribution in [3.63, 3.8) is 0 Å². The largest absolute Gasteiger partial charge is 0.389 e. The van der Waals surface area contributed by atoms with Gasteiger partial charge in [-0.25, -0.2) is 8.42 Å². The van der Waals surface area contributed by atoms with E-state index in [0.29, 0.717) is 17.7 Å². The molecular formula is C12H18N2O2S2. The van der Waals surface area contributed by atoms with Crippen molar-refractivity contribution in [2.24, 2.45) is 5.73 Å². The summed E-state index contributed by atoms with van der Waals surface area (Å²) in [5.41, 5.74) is 6.89. The van der Waals surface area contributed by atoms with Crippen LogP contribution >= 0.6 is 12.2 Å². The Hall–Kier alpha value is -0.980. The van der Waals surface area contributed by atoms with Gasteiger partial charge >= 0.3 is 0 Å². The number of hydrogen-bond donors (Lipinski definition) is 1. The molecule has 0 atom stereocenters. The van der Waals surface area contributed by atoms with Crippen molar-refractivity contribution in [2.75, 3.05) is 26.4 Å². The Labute approximate surface area is 114 Å². The summed E-state index contributed by atoms with van der Waals surface area (Å²) >= 11 is 4.92. The molecule has 1 aromatic rings. The Morgan fingerprint density at radius 1 is 1.33 bits per heavy atom. The lowest BCUT2D eigenvalue weighted by Crippen LogP contribution is -2.23. The summed E-state index contributed by atoms with van der Waals surface area (Å²) in [5.74, 6) is 0.111. The second-order valence-electron chi connectivity index (χ2n) is 4.42. The SMILES string of the molecule is CN(C)CCS(=O)(=O)Cc1ccccc1C(N)=S. The smallest absolute Gasteiger partial charge is 0.155 e. The van der Waals surface area contributed by atoms with Crippen molar-refractivity contribution in [2.45, 2.75) is 5.75 Å². The molecule has 18 heavy (non-hydrogen) atoms. The number of rotatable bonds is 6. The molecule has 0 unspecified atom stereocenters. The van der Waals surface area contributed by atoms with Crippen LogP contribution in [0.2, 0.25) is 0 Å². The molecule has 0 saturated carbocycles. The van der Waals surface area contributed by atoms with E-state index < -0.39 is 9.84 Å². The normalized spacial score (nSPS) is 11.7. The Morgan fingerprint density at radius 2 is 1.94 bits per heavy atom. The zero-order valence-corrected chi connectivity index (χ0v) is 12.2. The van der Waals surface area contributed by atoms with Gasteiger partial charge in [0.25, 0.3) is 0 Å². The van der Waals surface area contributed by atoms with Crippen LogP contribution in [0.3, 0.4) is 0 Å². The summed E-state index contributed by atoms with van der Waals surface area (Å²) in [7, 11) is 0.549. The van der Waals surface area contributed by atoms with E-state index in [0.717, 1.165) is 0 Å². The van der Waals surface area contributed by atoms with Crippen LogP contribution < -0.4 is 5.73 Å². The molecule has 0 spiro atoms. The van der Waals surface area contributed by atoms with Crippen LogP contribution in [0.15, 0.2) is 24.3 Å². The molecule has 0 aliphatic heterocycles. The Morgan fingerprint density at radius 3 is 2.50 bits per heavy atom. The lowest BCUT2D eigenvalue weighted by atomic mass is 10.1. The third kappa shape index (κ3) is 4.72. The fourth-order valence-electron chi connectivity index (χ4n) is 1.52. The monoisotopic (exact) mass is 286 g/mol. The first kappa shape index (κ1) is 15.1. The van der Waals surface area contributed by atoms with Gasteiger partial charge in [-0.05, 0) is 19.7 Å². The first-order chi connectivity index (χ1) is 8.32. The van der Waals surface area contributed by atoms with E-state index in [2.05, 4.69) is 0 Å². The highest BCUT2D eigenvalue weighted by Crippen LogP contribution is 2.13. The van der Waals surface area contributed by atoms with E-state index in [1.807, 2.05) is 19.0 Å². The number of thiocarbonyl (C=S) groups is 1. The molecule has 0 radical (unpaired) electrons. The number of nitrogens with two attached hydrogens (primary N) is 1. The Bertz CT molecular complexity index is 525. The fourth-order valence-corrected chi connectivity index (χ4v) is 3.23. The van der Waals surface area contributed by atoms with Gasteiger partial charge in [0, 0.05) is 12.1 Å². The van der Waals surface area contributed by atoms with Crippen LogP contribution in [0, 0.1) is 0 Å². The Kier molecular flexibility index (Phi) is 5.25. The first-order valence-electron chi connectivity index (χ1n) is 5.55. The minimum Gasteiger partial charge on any atom is -0.389 e. The molecule has 0 aromatic heterocycles. The van der Waals surface area contributed by atoms with Crippen LogP contribution in [0.1, 0.15) is 11.1 Å². The molecule has 100 valence electrons. The predicted molar refractivity (Wildman–Crippen MR) is 78.4 cm³/mol. The van der Waals surface area contributed by atoms with Crippen LogP contribution in [0.4, 0.5) is 0 Å². The molecule has 0 aliphatic carbocycles. The summed E-state index contributed by atoms with van der Waals surface area (Å²) in [6, 6.07) is 7.09. The summed E-state index contributed by atoms with van der Waals surface area (Å²) in [5, 5.41) is 0. The summed E-state index contributed by atoms with van der Waals surface area (Å²) in [6.07, 6.45) is 0. The number of nitrogens with zero attached hydrogens (tertiary/aromatic N) is 1. The maximum absolute atomic E-state index is 12.0. The molecule has 0 fully saturated rings. The molecule has 4 nitrogen and oxygen atoms in total. The fraction of sp³-hybridized carbons (Fsp3) is 0.417. The standard InChI is InChI=1S/C12H18N2O2S2/c1-14(2)7-8-18(15,16)9-10-5-3-4-6-11(10)12(13)17/h3-6H,7-9H2,1-2H3,(H2,13,17).